The molecule has 1 unspecified atom stereocenters. The van der Waals surface area contributed by atoms with Crippen LogP contribution in [0.2, 0.25) is 0 Å². The molecule has 0 aliphatic carbocycles. The number of nitrogens with zero attached hydrogens (tertiary/aromatic N) is 3. The Labute approximate surface area is 160 Å². The molecule has 0 bridgehead atoms. The molecule has 1 amide bonds. The van der Waals surface area contributed by atoms with Gasteiger partial charge in [-0.25, -0.2) is 4.98 Å². The highest BCUT2D eigenvalue weighted by Crippen LogP contribution is 2.33. The molecule has 150 valence electrons. The van der Waals surface area contributed by atoms with Gasteiger partial charge in [0.15, 0.2) is 15.3 Å². The van der Waals surface area contributed by atoms with E-state index in [1.54, 1.807) is 4.57 Å². The van der Waals surface area contributed by atoms with Crippen LogP contribution in [-0.4, -0.2) is 37.4 Å². The van der Waals surface area contributed by atoms with E-state index in [2.05, 4.69) is 16.9 Å². The lowest BCUT2D eigenvalue weighted by atomic mass is 10.2. The zero-order valence-corrected chi connectivity index (χ0v) is 15.4. The number of halogens is 3. The SMILES string of the molecule is C=CCNC(=O)c1cn2c(n1)CN([S+](=O)([O-])c1cccc(C(F)(F)F)c1)CC2. The minimum absolute atomic E-state index is 0.0512. The van der Waals surface area contributed by atoms with Crippen LogP contribution in [0.4, 0.5) is 13.2 Å². The molecule has 1 atom stereocenters. The zero-order valence-electron chi connectivity index (χ0n) is 14.6. The maximum atomic E-state index is 12.9. The van der Waals surface area contributed by atoms with Crippen molar-refractivity contribution in [1.29, 1.82) is 0 Å². The summed E-state index contributed by atoms with van der Waals surface area (Å²) in [7, 11) is -4.15. The van der Waals surface area contributed by atoms with Crippen LogP contribution in [0.1, 0.15) is 21.9 Å². The largest absolute Gasteiger partial charge is 0.593 e. The lowest BCUT2D eigenvalue weighted by molar-refractivity contribution is -0.137. The predicted octanol–water partition coefficient (Wildman–Crippen LogP) is 2.24. The quantitative estimate of drug-likeness (QED) is 0.600. The van der Waals surface area contributed by atoms with Crippen LogP contribution in [-0.2, 0) is 33.9 Å². The van der Waals surface area contributed by atoms with Crippen molar-refractivity contribution in [2.24, 2.45) is 0 Å². The number of alkyl halides is 3. The third kappa shape index (κ3) is 4.01. The second-order valence-electron chi connectivity index (χ2n) is 6.10. The standard InChI is InChI=1S/C17H17F3N4O3S/c1-2-6-21-16(25)14-10-23-7-8-24(11-15(23)22-14)28(26,27)13-5-3-4-12(9-13)17(18,19)20/h2-5,9-10H,1,6-8,11H2,(H-,21,25,26,27). The van der Waals surface area contributed by atoms with Crippen molar-refractivity contribution in [3.63, 3.8) is 0 Å². The topological polar surface area (TPSA) is 90.3 Å². The number of hydrogen-bond donors (Lipinski definition) is 1. The first kappa shape index (κ1) is 20.2. The highest BCUT2D eigenvalue weighted by Gasteiger charge is 2.37. The van der Waals surface area contributed by atoms with Crippen LogP contribution >= 0.6 is 0 Å². The van der Waals surface area contributed by atoms with Crippen molar-refractivity contribution >= 4 is 16.3 Å². The third-order valence-electron chi connectivity index (χ3n) is 4.21. The number of rotatable bonds is 5. The van der Waals surface area contributed by atoms with Crippen LogP contribution in [0.15, 0.2) is 48.0 Å². The van der Waals surface area contributed by atoms with Gasteiger partial charge in [-0.3, -0.25) is 4.79 Å². The smallest absolute Gasteiger partial charge is 0.416 e. The normalized spacial score (nSPS) is 16.9. The first-order valence-corrected chi connectivity index (χ1v) is 9.69. The van der Waals surface area contributed by atoms with E-state index in [0.29, 0.717) is 11.9 Å². The van der Waals surface area contributed by atoms with E-state index in [1.165, 1.54) is 12.3 Å². The molecule has 1 aromatic heterocycles. The number of carbonyl (C=O) groups excluding carboxylic acids is 1. The predicted molar refractivity (Wildman–Crippen MR) is 93.7 cm³/mol. The van der Waals surface area contributed by atoms with E-state index in [4.69, 9.17) is 0 Å². The van der Waals surface area contributed by atoms with E-state index >= 15 is 0 Å². The molecule has 2 aromatic rings. The van der Waals surface area contributed by atoms with Gasteiger partial charge in [0.25, 0.3) is 5.91 Å². The third-order valence-corrected chi connectivity index (χ3v) is 6.05. The fourth-order valence-electron chi connectivity index (χ4n) is 2.78. The number of aromatic nitrogens is 2. The Kier molecular flexibility index (Phi) is 5.41. The van der Waals surface area contributed by atoms with Gasteiger partial charge >= 0.3 is 6.18 Å². The summed E-state index contributed by atoms with van der Waals surface area (Å²) in [5.74, 6) is -0.0837. The Bertz CT molecular complexity index is 957. The number of imidazole rings is 1. The van der Waals surface area contributed by atoms with E-state index in [9.17, 15) is 26.7 Å². The van der Waals surface area contributed by atoms with Gasteiger partial charge in [0.2, 0.25) is 0 Å². The van der Waals surface area contributed by atoms with Gasteiger partial charge in [-0.1, -0.05) is 16.4 Å². The summed E-state index contributed by atoms with van der Waals surface area (Å²) < 4.78 is 67.0. The first-order chi connectivity index (χ1) is 13.1. The summed E-state index contributed by atoms with van der Waals surface area (Å²) in [6.07, 6.45) is -1.61. The number of carbonyl (C=O) groups is 1. The van der Waals surface area contributed by atoms with Gasteiger partial charge in [-0.05, 0) is 12.1 Å². The van der Waals surface area contributed by atoms with Gasteiger partial charge in [-0.15, -0.1) is 10.9 Å². The Morgan fingerprint density at radius 1 is 1.39 bits per heavy atom. The maximum absolute atomic E-state index is 12.9. The van der Waals surface area contributed by atoms with Gasteiger partial charge in [0, 0.05) is 25.4 Å². The molecule has 0 saturated heterocycles. The number of hydrogen-bond acceptors (Lipinski definition) is 4. The van der Waals surface area contributed by atoms with Gasteiger partial charge in [0.05, 0.1) is 12.1 Å². The molecule has 11 heteroatoms. The van der Waals surface area contributed by atoms with Crippen molar-refractivity contribution in [3.05, 3.63) is 60.2 Å². The minimum Gasteiger partial charge on any atom is -0.593 e. The molecule has 1 aliphatic rings. The average Bonchev–Trinajstić information content (AvgIpc) is 3.09. The first-order valence-electron chi connectivity index (χ1n) is 8.25. The van der Waals surface area contributed by atoms with Crippen molar-refractivity contribution < 1.29 is 26.7 Å². The number of sulfonamides is 1. The van der Waals surface area contributed by atoms with E-state index < -0.39 is 32.9 Å². The maximum Gasteiger partial charge on any atom is 0.416 e. The Balaban J connectivity index is 1.83. The van der Waals surface area contributed by atoms with Crippen LogP contribution in [0.3, 0.4) is 0 Å². The van der Waals surface area contributed by atoms with Crippen LogP contribution in [0, 0.1) is 0 Å². The molecule has 28 heavy (non-hydrogen) atoms. The fourth-order valence-corrected chi connectivity index (χ4v) is 4.21. The van der Waals surface area contributed by atoms with Crippen molar-refractivity contribution in [2.45, 2.75) is 24.2 Å². The number of amides is 1. The van der Waals surface area contributed by atoms with Crippen molar-refractivity contribution in [1.82, 2.24) is 19.2 Å². The summed E-state index contributed by atoms with van der Waals surface area (Å²) in [5, 5.41) is 2.57. The van der Waals surface area contributed by atoms with Gasteiger partial charge < -0.3 is 14.4 Å². The molecule has 7 nitrogen and oxygen atoms in total. The molecule has 2 heterocycles. The molecule has 0 radical (unpaired) electrons. The molecule has 1 aliphatic heterocycles. The highest BCUT2D eigenvalue weighted by atomic mass is 32.3. The Morgan fingerprint density at radius 3 is 2.82 bits per heavy atom. The molecule has 1 N–H and O–H groups in total. The summed E-state index contributed by atoms with van der Waals surface area (Å²) in [6, 6.07) is 3.61. The highest BCUT2D eigenvalue weighted by molar-refractivity contribution is 7.95. The lowest BCUT2D eigenvalue weighted by Gasteiger charge is -2.30. The minimum atomic E-state index is -4.64. The number of fused-ring (bicyclic) bond motifs is 1. The van der Waals surface area contributed by atoms with Crippen molar-refractivity contribution in [3.8, 4) is 0 Å². The van der Waals surface area contributed by atoms with Crippen LogP contribution in [0.25, 0.3) is 0 Å². The summed E-state index contributed by atoms with van der Waals surface area (Å²) in [5.41, 5.74) is -0.900. The lowest BCUT2D eigenvalue weighted by Crippen LogP contribution is -2.42. The zero-order chi connectivity index (χ0) is 20.5. The fraction of sp³-hybridized carbons (Fsp3) is 0.294. The molecular formula is C17H17F3N4O3S. The molecule has 0 fully saturated rings. The monoisotopic (exact) mass is 414 g/mol. The second-order valence-corrected chi connectivity index (χ2v) is 8.04. The molecule has 1 aromatic carbocycles. The molecule has 0 saturated carbocycles. The van der Waals surface area contributed by atoms with E-state index in [-0.39, 0.29) is 31.9 Å². The van der Waals surface area contributed by atoms with E-state index in [1.807, 2.05) is 0 Å². The van der Waals surface area contributed by atoms with E-state index in [0.717, 1.165) is 22.5 Å². The van der Waals surface area contributed by atoms with Gasteiger partial charge in [-0.2, -0.15) is 13.2 Å². The van der Waals surface area contributed by atoms with Crippen LogP contribution in [0.5, 0.6) is 0 Å². The number of nitrogens with one attached hydrogen (secondary N) is 1. The van der Waals surface area contributed by atoms with Gasteiger partial charge in [0.1, 0.15) is 18.1 Å². The Hall–Kier alpha value is -2.50. The average molecular weight is 414 g/mol. The summed E-state index contributed by atoms with van der Waals surface area (Å²) in [6.45, 7) is 3.89. The number of benzene rings is 1. The second kappa shape index (κ2) is 7.49. The molecular weight excluding hydrogens is 397 g/mol. The molecule has 3 rings (SSSR count). The summed E-state index contributed by atoms with van der Waals surface area (Å²) in [4.78, 5) is 15.7. The molecule has 0 spiro atoms. The summed E-state index contributed by atoms with van der Waals surface area (Å²) >= 11 is 0. The van der Waals surface area contributed by atoms with Crippen molar-refractivity contribution in [2.75, 3.05) is 13.1 Å². The Morgan fingerprint density at radius 2 is 2.14 bits per heavy atom. The van der Waals surface area contributed by atoms with Crippen LogP contribution < -0.4 is 5.32 Å².